The molecule has 2 aromatic carbocycles. The molecule has 4 aromatic heterocycles. The summed E-state index contributed by atoms with van der Waals surface area (Å²) in [4.78, 5) is 143. The van der Waals surface area contributed by atoms with Gasteiger partial charge in [0.25, 0.3) is 11.1 Å². The Balaban J connectivity index is 0.000000236. The molecular formula is C34H38Cl2N10O30P6. The van der Waals surface area contributed by atoms with Crippen molar-refractivity contribution in [1.29, 1.82) is 0 Å². The first-order valence-electron chi connectivity index (χ1n) is 21.5. The number of ether oxygens (including phenoxy) is 4. The highest BCUT2D eigenvalue weighted by molar-refractivity contribution is 7.67. The number of aromatic nitrogens is 8. The van der Waals surface area contributed by atoms with Crippen molar-refractivity contribution in [2.75, 3.05) is 24.7 Å². The number of carbonyl (C=O) groups is 2. The minimum atomic E-state index is -5.84. The van der Waals surface area contributed by atoms with Gasteiger partial charge in [0.1, 0.15) is 24.4 Å². The van der Waals surface area contributed by atoms with Gasteiger partial charge in [-0.15, -0.1) is 0 Å². The summed E-state index contributed by atoms with van der Waals surface area (Å²) in [5.74, 6) is -2.20. The van der Waals surface area contributed by atoms with Crippen molar-refractivity contribution in [3.8, 4) is 0 Å². The smallest absolute Gasteiger partial charge is 0.453 e. The maximum Gasteiger partial charge on any atom is 0.490 e. The molecule has 2 aliphatic heterocycles. The third-order valence-electron chi connectivity index (χ3n) is 10.5. The van der Waals surface area contributed by atoms with E-state index in [0.717, 1.165) is 34.4 Å². The molecule has 0 amide bonds. The number of fused-ring (bicyclic) bond motifs is 2. The van der Waals surface area contributed by atoms with Gasteiger partial charge >= 0.3 is 58.9 Å². The molecule has 2 saturated heterocycles. The fourth-order valence-corrected chi connectivity index (χ4v) is 13.7. The molecule has 0 bridgehead atoms. The standard InChI is InChI=1S/2C17H19ClN5O15P3/c18-7-1-2-9(19)8(3-7)17(26)36-13-10(4-34-40(30,31)38-41(32,33)37-39(27,28)29)35-16(12(13)24)23-6-22-11-14(23)20-5-21-15(11)25;18-7-1-2-9(19)8(3-7)17(26)36-13-12(24)10(4-34-40(30,31)38-41(32,33)37-39(27,28)29)35-16(13)23-6-22-11-14(23)20-5-21-15(11)25/h2*1-3,5-6,10,12-13,16,24H,4,19H2,(H,30,31)(H,32,33)(H,20,21,25)(H2,27,28,29). The summed E-state index contributed by atoms with van der Waals surface area (Å²) in [5.41, 5.74) is 9.37. The van der Waals surface area contributed by atoms with Crippen molar-refractivity contribution in [3.63, 3.8) is 0 Å². The van der Waals surface area contributed by atoms with Gasteiger partial charge in [-0.1, -0.05) is 23.2 Å². The largest absolute Gasteiger partial charge is 0.490 e. The maximum absolute atomic E-state index is 13.0. The number of H-pyrrole nitrogens is 2. The zero-order valence-electron chi connectivity index (χ0n) is 39.7. The van der Waals surface area contributed by atoms with Gasteiger partial charge in [-0.2, -0.15) is 17.2 Å². The van der Waals surface area contributed by atoms with Gasteiger partial charge in [-0.05, 0) is 36.4 Å². The molecule has 0 saturated carbocycles. The number of nitrogens with two attached hydrogens (primary N) is 2. The molecule has 6 heterocycles. The number of aromatic amines is 2. The number of hydrogen-bond donors (Lipinski definition) is 14. The van der Waals surface area contributed by atoms with Gasteiger partial charge in [-0.25, -0.2) is 56.9 Å². The lowest BCUT2D eigenvalue weighted by Gasteiger charge is -2.22. The van der Waals surface area contributed by atoms with Crippen LogP contribution in [0.2, 0.25) is 10.0 Å². The topological polar surface area (TPSA) is 610 Å². The van der Waals surface area contributed by atoms with Gasteiger partial charge in [0.05, 0.1) is 49.6 Å². The number of carbonyl (C=O) groups excluding carboxylic acids is 2. The fraction of sp³-hybridized carbons (Fsp3) is 0.294. The van der Waals surface area contributed by atoms with Crippen molar-refractivity contribution < 1.29 is 132 Å². The molecule has 2 fully saturated rings. The van der Waals surface area contributed by atoms with Gasteiger partial charge in [0.15, 0.2) is 47.0 Å². The highest BCUT2D eigenvalue weighted by atomic mass is 35.5. The van der Waals surface area contributed by atoms with Crippen LogP contribution in [0.15, 0.2) is 71.3 Å². The minimum absolute atomic E-state index is 0.0326. The van der Waals surface area contributed by atoms with E-state index in [4.69, 9.17) is 73.2 Å². The van der Waals surface area contributed by atoms with Crippen LogP contribution in [0, 0.1) is 0 Å². The maximum atomic E-state index is 13.0. The molecule has 6 aromatic rings. The van der Waals surface area contributed by atoms with Crippen LogP contribution in [0.4, 0.5) is 11.4 Å². The summed E-state index contributed by atoms with van der Waals surface area (Å²) in [6, 6.07) is 7.78. The summed E-state index contributed by atoms with van der Waals surface area (Å²) in [7, 11) is -34.2. The molecule has 0 aliphatic carbocycles. The van der Waals surface area contributed by atoms with Crippen LogP contribution >= 0.6 is 70.1 Å². The van der Waals surface area contributed by atoms with Crippen molar-refractivity contribution in [1.82, 2.24) is 39.0 Å². The molecule has 12 atom stereocenters. The Kier molecular flexibility index (Phi) is 19.6. The molecule has 48 heteroatoms. The second-order valence-corrected chi connectivity index (χ2v) is 25.9. The number of phosphoric acid groups is 6. The van der Waals surface area contributed by atoms with E-state index in [1.807, 2.05) is 0 Å². The van der Waals surface area contributed by atoms with Crippen molar-refractivity contribution in [2.24, 2.45) is 0 Å². The number of phosphoric ester groups is 2. The Morgan fingerprint density at radius 3 is 1.41 bits per heavy atom. The van der Waals surface area contributed by atoms with Crippen LogP contribution < -0.4 is 22.6 Å². The lowest BCUT2D eigenvalue weighted by atomic mass is 10.1. The normalized spacial score (nSPS) is 24.1. The molecule has 16 N–H and O–H groups in total. The number of anilines is 2. The summed E-state index contributed by atoms with van der Waals surface area (Å²) in [6.45, 7) is -2.18. The van der Waals surface area contributed by atoms with Crippen LogP contribution in [0.5, 0.6) is 0 Å². The van der Waals surface area contributed by atoms with Crippen LogP contribution in [0.25, 0.3) is 22.3 Å². The Labute approximate surface area is 462 Å². The highest BCUT2D eigenvalue weighted by Gasteiger charge is 2.52. The molecule has 0 spiro atoms. The highest BCUT2D eigenvalue weighted by Crippen LogP contribution is 2.67. The first-order chi connectivity index (χ1) is 37.9. The van der Waals surface area contributed by atoms with Crippen molar-refractivity contribution in [2.45, 2.75) is 49.1 Å². The third-order valence-corrected chi connectivity index (χ3v) is 18.6. The zero-order valence-corrected chi connectivity index (χ0v) is 46.6. The van der Waals surface area contributed by atoms with E-state index < -0.39 is 132 Å². The zero-order chi connectivity index (χ0) is 60.7. The van der Waals surface area contributed by atoms with E-state index in [1.165, 1.54) is 36.4 Å². The molecular weight excluding hydrogens is 1290 g/mol. The third kappa shape index (κ3) is 16.2. The molecule has 0 radical (unpaired) electrons. The van der Waals surface area contributed by atoms with E-state index >= 15 is 0 Å². The minimum Gasteiger partial charge on any atom is -0.453 e. The second kappa shape index (κ2) is 24.9. The van der Waals surface area contributed by atoms with Gasteiger partial charge in [-0.3, -0.25) is 27.8 Å². The summed E-state index contributed by atoms with van der Waals surface area (Å²) in [5, 5.41) is 22.2. The van der Waals surface area contributed by atoms with Gasteiger partial charge < -0.3 is 89.7 Å². The van der Waals surface area contributed by atoms with E-state index in [-0.39, 0.29) is 54.9 Å². The number of nitrogens with one attached hydrogen (secondary N) is 2. The number of imidazole rings is 2. The van der Waals surface area contributed by atoms with Crippen LogP contribution in [-0.2, 0) is 72.6 Å². The number of esters is 2. The number of halogens is 2. The van der Waals surface area contributed by atoms with Crippen LogP contribution in [0.3, 0.4) is 0 Å². The Morgan fingerprint density at radius 2 is 0.976 bits per heavy atom. The summed E-state index contributed by atoms with van der Waals surface area (Å²) < 4.78 is 117. The first kappa shape index (κ1) is 64.5. The number of benzene rings is 2. The first-order valence-corrected chi connectivity index (χ1v) is 31.3. The average Bonchev–Trinajstić information content (AvgIpc) is 2.56. The molecule has 8 rings (SSSR count). The van der Waals surface area contributed by atoms with E-state index in [2.05, 4.69) is 56.2 Å². The number of aliphatic hydroxyl groups is 2. The predicted molar refractivity (Wildman–Crippen MR) is 266 cm³/mol. The summed E-state index contributed by atoms with van der Waals surface area (Å²) >= 11 is 11.8. The number of nitrogen functional groups attached to an aromatic ring is 2. The molecule has 40 nitrogen and oxygen atoms in total. The van der Waals surface area contributed by atoms with Gasteiger partial charge in [0, 0.05) is 21.4 Å². The van der Waals surface area contributed by atoms with Crippen molar-refractivity contribution >= 4 is 116 Å². The van der Waals surface area contributed by atoms with E-state index in [9.17, 15) is 76.4 Å². The molecule has 82 heavy (non-hydrogen) atoms. The second-order valence-electron chi connectivity index (χ2n) is 16.2. The lowest BCUT2D eigenvalue weighted by molar-refractivity contribution is -0.0558. The lowest BCUT2D eigenvalue weighted by Crippen LogP contribution is -2.38. The SMILES string of the molecule is Nc1ccc(Cl)cc1C(=O)OC1C(COP(=O)(O)OP(=O)(O)OP(=O)(O)O)OC(n2cnc3c(=O)[nH]cnc32)C1O.Nc1ccc(Cl)cc1C(=O)OC1C(O)C(COP(=O)(O)OP(=O)(O)OP(=O)(O)O)OC1n1cnc2c(=O)[nH]cnc21. The fourth-order valence-electron chi connectivity index (χ4n) is 7.26. The van der Waals surface area contributed by atoms with Gasteiger partial charge in [0.2, 0.25) is 0 Å². The van der Waals surface area contributed by atoms with E-state index in [0.29, 0.717) is 0 Å². The number of aliphatic hydroxyl groups excluding tert-OH is 2. The Morgan fingerprint density at radius 1 is 0.573 bits per heavy atom. The predicted octanol–water partition coefficient (Wildman–Crippen LogP) is 0.365. The average molecular weight is 1320 g/mol. The molecule has 448 valence electrons. The number of nitrogens with zero attached hydrogens (tertiary/aromatic N) is 6. The Bertz CT molecular complexity index is 3840. The monoisotopic (exact) mass is 1320 g/mol. The molecule has 12 unspecified atom stereocenters. The quantitative estimate of drug-likeness (QED) is 0.0279. The van der Waals surface area contributed by atoms with Crippen LogP contribution in [-0.4, -0.2) is 150 Å². The van der Waals surface area contributed by atoms with Crippen LogP contribution in [0.1, 0.15) is 33.2 Å². The van der Waals surface area contributed by atoms with Crippen molar-refractivity contribution in [3.05, 3.63) is 104 Å². The molecule has 2 aliphatic rings. The summed E-state index contributed by atoms with van der Waals surface area (Å²) in [6.07, 6.45) is -9.05. The van der Waals surface area contributed by atoms with E-state index in [1.54, 1.807) is 0 Å². The number of rotatable bonds is 20. The number of hydrogen-bond acceptors (Lipinski definition) is 28. The Hall–Kier alpha value is -5.08.